The van der Waals surface area contributed by atoms with Gasteiger partial charge in [0.05, 0.1) is 20.3 Å². The van der Waals surface area contributed by atoms with Crippen molar-refractivity contribution in [2.24, 2.45) is 0 Å². The average molecular weight is 579 g/mol. The molecule has 214 valence electrons. The van der Waals surface area contributed by atoms with Crippen molar-refractivity contribution in [2.75, 3.05) is 14.1 Å². The Labute approximate surface area is 232 Å². The Morgan fingerprint density at radius 2 is 1.38 bits per heavy atom. The maximum Gasteiger partial charge on any atom is 0.277 e. The van der Waals surface area contributed by atoms with Crippen molar-refractivity contribution in [1.29, 1.82) is 0 Å². The number of allylic oxidation sites excluding steroid dienone is 1. The summed E-state index contributed by atoms with van der Waals surface area (Å²) in [7, 11) is -3.66. The monoisotopic (exact) mass is 578 g/mol. The normalized spacial score (nSPS) is 13.6. The van der Waals surface area contributed by atoms with E-state index in [1.54, 1.807) is 64.2 Å². The number of rotatable bonds is 7. The molecule has 1 aliphatic carbocycles. The fourth-order valence-electron chi connectivity index (χ4n) is 3.54. The molecule has 0 radical (unpaired) electrons. The van der Waals surface area contributed by atoms with Crippen LogP contribution in [0.4, 0.5) is 5.69 Å². The molecule has 2 aromatic rings. The molecule has 2 aromatic carbocycles. The summed E-state index contributed by atoms with van der Waals surface area (Å²) in [5.74, 6) is 0. The Kier molecular flexibility index (Phi) is 9.88. The summed E-state index contributed by atoms with van der Waals surface area (Å²) >= 11 is 0. The quantitative estimate of drug-likeness (QED) is 0.363. The Hall–Kier alpha value is -3.06. The number of fused-ring (bicyclic) bond motifs is 1. The lowest BCUT2D eigenvalue weighted by Gasteiger charge is -2.20. The molecule has 1 aliphatic rings. The van der Waals surface area contributed by atoms with Gasteiger partial charge in [-0.15, -0.1) is 0 Å². The molecule has 2 N–H and O–H groups in total. The first-order valence-corrected chi connectivity index (χ1v) is 15.2. The van der Waals surface area contributed by atoms with Crippen LogP contribution in [0.25, 0.3) is 12.2 Å². The SMILES string of the molecule is CC(C)(C)NS(=O)(=O)c1ccc2c(c1)CC=C2.CN(C)/C=C/c1ccc(S(=O)(=O)NC(C)(C)C)cc1[N+](=O)[O-]. The van der Waals surface area contributed by atoms with Crippen LogP contribution in [-0.4, -0.2) is 51.8 Å². The number of nitro benzene ring substituents is 1. The van der Waals surface area contributed by atoms with E-state index in [1.807, 2.05) is 39.0 Å². The predicted molar refractivity (Wildman–Crippen MR) is 155 cm³/mol. The number of hydrogen-bond acceptors (Lipinski definition) is 7. The molecular weight excluding hydrogens is 540 g/mol. The van der Waals surface area contributed by atoms with E-state index in [9.17, 15) is 26.9 Å². The lowest BCUT2D eigenvalue weighted by molar-refractivity contribution is -0.385. The van der Waals surface area contributed by atoms with Crippen molar-refractivity contribution in [3.63, 3.8) is 0 Å². The molecule has 0 amide bonds. The summed E-state index contributed by atoms with van der Waals surface area (Å²) in [6.45, 7) is 10.6. The highest BCUT2D eigenvalue weighted by atomic mass is 32.2. The van der Waals surface area contributed by atoms with Gasteiger partial charge in [-0.2, -0.15) is 0 Å². The van der Waals surface area contributed by atoms with Crippen LogP contribution in [-0.2, 0) is 26.5 Å². The third-order valence-corrected chi connectivity index (χ3v) is 8.51. The highest BCUT2D eigenvalue weighted by Gasteiger charge is 2.25. The molecule has 0 saturated carbocycles. The molecular formula is C27H38N4O6S2. The van der Waals surface area contributed by atoms with Gasteiger partial charge in [-0.1, -0.05) is 18.2 Å². The lowest BCUT2D eigenvalue weighted by Crippen LogP contribution is -2.40. The topological polar surface area (TPSA) is 139 Å². The number of sulfonamides is 2. The van der Waals surface area contributed by atoms with Gasteiger partial charge in [0.15, 0.2) is 0 Å². The van der Waals surface area contributed by atoms with Crippen molar-refractivity contribution < 1.29 is 21.8 Å². The van der Waals surface area contributed by atoms with Crippen LogP contribution in [0.3, 0.4) is 0 Å². The Balaban J connectivity index is 0.000000282. The van der Waals surface area contributed by atoms with Crippen molar-refractivity contribution in [1.82, 2.24) is 14.3 Å². The first-order chi connectivity index (χ1) is 17.7. The molecule has 12 heteroatoms. The fraction of sp³-hybridized carbons (Fsp3) is 0.407. The standard InChI is InChI=1S/C14H21N3O4S.C13H17NO2S/c1-14(2,3)15-22(20,21)12-7-6-11(8-9-16(4)5)13(10-12)17(18)19;1-13(2,3)14-17(15,16)12-8-7-10-5-4-6-11(10)9-12/h6-10,15H,1-5H3;4-5,7-9,14H,6H2,1-3H3/b9-8+;. The molecule has 0 unspecified atom stereocenters. The van der Waals surface area contributed by atoms with Gasteiger partial charge in [-0.05, 0) is 95.6 Å². The van der Waals surface area contributed by atoms with Gasteiger partial charge in [0.2, 0.25) is 20.0 Å². The van der Waals surface area contributed by atoms with Crippen molar-refractivity contribution in [2.45, 2.75) is 68.8 Å². The second-order valence-electron chi connectivity index (χ2n) is 11.4. The largest absolute Gasteiger partial charge is 0.383 e. The predicted octanol–water partition coefficient (Wildman–Crippen LogP) is 4.54. The zero-order valence-corrected chi connectivity index (χ0v) is 25.3. The number of nitro groups is 1. The fourth-order valence-corrected chi connectivity index (χ4v) is 6.45. The van der Waals surface area contributed by atoms with E-state index in [4.69, 9.17) is 0 Å². The maximum absolute atomic E-state index is 12.2. The molecule has 0 heterocycles. The van der Waals surface area contributed by atoms with Gasteiger partial charge in [0.1, 0.15) is 0 Å². The van der Waals surface area contributed by atoms with Gasteiger partial charge in [-0.25, -0.2) is 26.3 Å². The minimum absolute atomic E-state index is 0.129. The first-order valence-electron chi connectivity index (χ1n) is 12.2. The van der Waals surface area contributed by atoms with Crippen LogP contribution in [0.5, 0.6) is 0 Å². The molecule has 10 nitrogen and oxygen atoms in total. The van der Waals surface area contributed by atoms with E-state index in [0.717, 1.165) is 23.6 Å². The third kappa shape index (κ3) is 9.88. The lowest BCUT2D eigenvalue weighted by atomic mass is 10.1. The molecule has 3 rings (SSSR count). The number of hydrogen-bond donors (Lipinski definition) is 2. The second kappa shape index (κ2) is 12.0. The highest BCUT2D eigenvalue weighted by molar-refractivity contribution is 7.89. The molecule has 0 spiro atoms. The molecule has 39 heavy (non-hydrogen) atoms. The van der Waals surface area contributed by atoms with Crippen molar-refractivity contribution in [3.05, 3.63) is 75.5 Å². The zero-order chi connectivity index (χ0) is 29.8. The van der Waals surface area contributed by atoms with Crippen molar-refractivity contribution in [3.8, 4) is 0 Å². The third-order valence-electron chi connectivity index (χ3n) is 5.00. The van der Waals surface area contributed by atoms with Crippen LogP contribution < -0.4 is 9.44 Å². The van der Waals surface area contributed by atoms with E-state index in [1.165, 1.54) is 12.1 Å². The highest BCUT2D eigenvalue weighted by Crippen LogP contribution is 2.25. The van der Waals surface area contributed by atoms with Crippen LogP contribution in [0.1, 0.15) is 58.2 Å². The summed E-state index contributed by atoms with van der Waals surface area (Å²) in [6.07, 6.45) is 8.09. The number of nitrogens with zero attached hydrogens (tertiary/aromatic N) is 2. The smallest absolute Gasteiger partial charge is 0.277 e. The molecule has 0 bridgehead atoms. The summed E-state index contributed by atoms with van der Waals surface area (Å²) < 4.78 is 53.8. The minimum Gasteiger partial charge on any atom is -0.383 e. The van der Waals surface area contributed by atoms with Gasteiger partial charge in [0.25, 0.3) is 5.69 Å². The number of benzene rings is 2. The van der Waals surface area contributed by atoms with Crippen LogP contribution in [0.15, 0.2) is 58.5 Å². The maximum atomic E-state index is 12.2. The zero-order valence-electron chi connectivity index (χ0n) is 23.6. The Morgan fingerprint density at radius 1 is 0.872 bits per heavy atom. The minimum atomic E-state index is -3.81. The summed E-state index contributed by atoms with van der Waals surface area (Å²) in [5.41, 5.74) is 1.14. The molecule has 0 aliphatic heterocycles. The van der Waals surface area contributed by atoms with Crippen LogP contribution in [0, 0.1) is 10.1 Å². The average Bonchev–Trinajstić information content (AvgIpc) is 3.22. The van der Waals surface area contributed by atoms with Gasteiger partial charge < -0.3 is 4.90 Å². The van der Waals surface area contributed by atoms with E-state index in [-0.39, 0.29) is 10.6 Å². The summed E-state index contributed by atoms with van der Waals surface area (Å²) in [4.78, 5) is 12.5. The van der Waals surface area contributed by atoms with E-state index in [2.05, 4.69) is 9.44 Å². The molecule has 0 saturated heterocycles. The first kappa shape index (κ1) is 32.2. The van der Waals surface area contributed by atoms with Crippen LogP contribution >= 0.6 is 0 Å². The Morgan fingerprint density at radius 3 is 1.87 bits per heavy atom. The van der Waals surface area contributed by atoms with E-state index >= 15 is 0 Å². The van der Waals surface area contributed by atoms with E-state index < -0.39 is 36.0 Å². The van der Waals surface area contributed by atoms with Crippen molar-refractivity contribution >= 4 is 37.9 Å². The van der Waals surface area contributed by atoms with Crippen LogP contribution in [0.2, 0.25) is 0 Å². The molecule has 0 aromatic heterocycles. The second-order valence-corrected chi connectivity index (χ2v) is 14.8. The Bertz CT molecular complexity index is 1480. The van der Waals surface area contributed by atoms with Gasteiger partial charge in [-0.3, -0.25) is 10.1 Å². The van der Waals surface area contributed by atoms with Gasteiger partial charge >= 0.3 is 0 Å². The van der Waals surface area contributed by atoms with Gasteiger partial charge in [0, 0.05) is 31.2 Å². The van der Waals surface area contributed by atoms with E-state index in [0.29, 0.717) is 10.5 Å². The molecule has 0 atom stereocenters. The summed E-state index contributed by atoms with van der Waals surface area (Å²) in [6, 6.07) is 9.12. The molecule has 0 fully saturated rings. The number of nitrogens with one attached hydrogen (secondary N) is 2. The summed E-state index contributed by atoms with van der Waals surface area (Å²) in [5, 5.41) is 11.2.